The molecule has 2 amide bonds. The van der Waals surface area contributed by atoms with Crippen LogP contribution in [0.4, 0.5) is 4.39 Å². The SMILES string of the molecule is CC(NC(=O)CCc1ccc(-c2ccccc2F)o1)C(=O)NCc1ccco1. The minimum atomic E-state index is -0.673. The van der Waals surface area contributed by atoms with Crippen LogP contribution < -0.4 is 10.6 Å². The van der Waals surface area contributed by atoms with Crippen LogP contribution in [0.25, 0.3) is 11.3 Å². The first-order valence-electron chi connectivity index (χ1n) is 8.96. The van der Waals surface area contributed by atoms with E-state index in [1.807, 2.05) is 0 Å². The number of nitrogens with one attached hydrogen (secondary N) is 2. The predicted octanol–water partition coefficient (Wildman–Crippen LogP) is 3.43. The Kier molecular flexibility index (Phi) is 6.26. The Hall–Kier alpha value is -3.35. The molecular formula is C21H21FN2O4. The predicted molar refractivity (Wildman–Crippen MR) is 101 cm³/mol. The van der Waals surface area contributed by atoms with Crippen molar-refractivity contribution < 1.29 is 22.8 Å². The Labute approximate surface area is 161 Å². The Balaban J connectivity index is 1.45. The molecule has 3 rings (SSSR count). The van der Waals surface area contributed by atoms with Crippen LogP contribution in [0.15, 0.2) is 63.6 Å². The van der Waals surface area contributed by atoms with Gasteiger partial charge in [0.15, 0.2) is 0 Å². The summed E-state index contributed by atoms with van der Waals surface area (Å²) in [6.45, 7) is 1.87. The van der Waals surface area contributed by atoms with Gasteiger partial charge < -0.3 is 19.5 Å². The van der Waals surface area contributed by atoms with Crippen molar-refractivity contribution in [1.29, 1.82) is 0 Å². The highest BCUT2D eigenvalue weighted by molar-refractivity contribution is 5.87. The number of aryl methyl sites for hydroxylation is 1. The molecular weight excluding hydrogens is 363 g/mol. The third kappa shape index (κ3) is 5.09. The molecule has 0 saturated heterocycles. The summed E-state index contributed by atoms with van der Waals surface area (Å²) in [7, 11) is 0. The fourth-order valence-corrected chi connectivity index (χ4v) is 2.67. The molecule has 0 aliphatic rings. The van der Waals surface area contributed by atoms with Gasteiger partial charge in [-0.1, -0.05) is 12.1 Å². The number of hydrogen-bond donors (Lipinski definition) is 2. The highest BCUT2D eigenvalue weighted by atomic mass is 19.1. The highest BCUT2D eigenvalue weighted by Gasteiger charge is 2.16. The second-order valence-electron chi connectivity index (χ2n) is 6.33. The molecule has 0 fully saturated rings. The van der Waals surface area contributed by atoms with Gasteiger partial charge in [-0.2, -0.15) is 0 Å². The highest BCUT2D eigenvalue weighted by Crippen LogP contribution is 2.25. The third-order valence-electron chi connectivity index (χ3n) is 4.19. The monoisotopic (exact) mass is 384 g/mol. The van der Waals surface area contributed by atoms with Crippen molar-refractivity contribution in [3.05, 3.63) is 72.1 Å². The Morgan fingerprint density at radius 1 is 1.07 bits per heavy atom. The molecule has 0 saturated carbocycles. The lowest BCUT2D eigenvalue weighted by atomic mass is 10.1. The lowest BCUT2D eigenvalue weighted by Crippen LogP contribution is -2.44. The Morgan fingerprint density at radius 2 is 1.89 bits per heavy atom. The third-order valence-corrected chi connectivity index (χ3v) is 4.19. The van der Waals surface area contributed by atoms with Crippen LogP contribution in [0, 0.1) is 5.82 Å². The molecule has 0 radical (unpaired) electrons. The number of hydrogen-bond acceptors (Lipinski definition) is 4. The minimum absolute atomic E-state index is 0.153. The molecule has 146 valence electrons. The molecule has 28 heavy (non-hydrogen) atoms. The topological polar surface area (TPSA) is 84.5 Å². The van der Waals surface area contributed by atoms with Crippen LogP contribution in [0.5, 0.6) is 0 Å². The summed E-state index contributed by atoms with van der Waals surface area (Å²) in [5.74, 6) is 0.683. The van der Waals surface area contributed by atoms with E-state index in [1.165, 1.54) is 12.3 Å². The van der Waals surface area contributed by atoms with E-state index in [4.69, 9.17) is 8.83 Å². The summed E-state index contributed by atoms with van der Waals surface area (Å²) in [6.07, 6.45) is 2.03. The fraction of sp³-hybridized carbons (Fsp3) is 0.238. The summed E-state index contributed by atoms with van der Waals surface area (Å²) < 4.78 is 24.6. The maximum atomic E-state index is 13.8. The van der Waals surface area contributed by atoms with Crippen LogP contribution in [0.3, 0.4) is 0 Å². The normalized spacial score (nSPS) is 11.8. The van der Waals surface area contributed by atoms with Crippen LogP contribution >= 0.6 is 0 Å². The number of rotatable bonds is 8. The van der Waals surface area contributed by atoms with Gasteiger partial charge in [0.25, 0.3) is 0 Å². The molecule has 2 aromatic heterocycles. The van der Waals surface area contributed by atoms with Crippen LogP contribution in [-0.2, 0) is 22.6 Å². The zero-order valence-electron chi connectivity index (χ0n) is 15.4. The standard InChI is InChI=1S/C21H21FN2O4/c1-14(21(26)23-13-16-5-4-12-27-16)24-20(25)11-9-15-8-10-19(28-15)17-6-2-3-7-18(17)22/h2-8,10,12,14H,9,11,13H2,1H3,(H,23,26)(H,24,25). The zero-order chi connectivity index (χ0) is 19.9. The molecule has 1 unspecified atom stereocenters. The molecule has 0 aliphatic carbocycles. The van der Waals surface area contributed by atoms with Crippen molar-refractivity contribution in [2.45, 2.75) is 32.4 Å². The summed E-state index contributed by atoms with van der Waals surface area (Å²) in [5.41, 5.74) is 0.375. The number of amides is 2. The van der Waals surface area contributed by atoms with Gasteiger partial charge in [0.05, 0.1) is 18.4 Å². The summed E-state index contributed by atoms with van der Waals surface area (Å²) in [4.78, 5) is 24.1. The number of benzene rings is 1. The first-order valence-corrected chi connectivity index (χ1v) is 8.96. The van der Waals surface area contributed by atoms with Gasteiger partial charge in [0.2, 0.25) is 11.8 Å². The van der Waals surface area contributed by atoms with Gasteiger partial charge in [-0.05, 0) is 43.3 Å². The average molecular weight is 384 g/mol. The van der Waals surface area contributed by atoms with Gasteiger partial charge in [-0.15, -0.1) is 0 Å². The van der Waals surface area contributed by atoms with E-state index in [9.17, 15) is 14.0 Å². The largest absolute Gasteiger partial charge is 0.467 e. The summed E-state index contributed by atoms with van der Waals surface area (Å²) in [5, 5.41) is 5.33. The van der Waals surface area contributed by atoms with Gasteiger partial charge in [0, 0.05) is 12.8 Å². The van der Waals surface area contributed by atoms with Crippen LogP contribution in [0.2, 0.25) is 0 Å². The van der Waals surface area contributed by atoms with E-state index in [0.29, 0.717) is 29.3 Å². The van der Waals surface area contributed by atoms with Crippen molar-refractivity contribution in [3.63, 3.8) is 0 Å². The van der Waals surface area contributed by atoms with Gasteiger partial charge in [0.1, 0.15) is 29.1 Å². The molecule has 1 atom stereocenters. The van der Waals surface area contributed by atoms with Crippen molar-refractivity contribution >= 4 is 11.8 Å². The Morgan fingerprint density at radius 3 is 2.64 bits per heavy atom. The second kappa shape index (κ2) is 9.03. The molecule has 6 nitrogen and oxygen atoms in total. The molecule has 7 heteroatoms. The van der Waals surface area contributed by atoms with Crippen molar-refractivity contribution in [1.82, 2.24) is 10.6 Å². The smallest absolute Gasteiger partial charge is 0.242 e. The minimum Gasteiger partial charge on any atom is -0.467 e. The van der Waals surface area contributed by atoms with Crippen LogP contribution in [0.1, 0.15) is 24.9 Å². The van der Waals surface area contributed by atoms with E-state index in [-0.39, 0.29) is 30.6 Å². The molecule has 0 spiro atoms. The first-order chi connectivity index (χ1) is 13.5. The second-order valence-corrected chi connectivity index (χ2v) is 6.33. The van der Waals surface area contributed by atoms with E-state index >= 15 is 0 Å². The number of furan rings is 2. The average Bonchev–Trinajstić information content (AvgIpc) is 3.36. The van der Waals surface area contributed by atoms with Gasteiger partial charge >= 0.3 is 0 Å². The number of halogens is 1. The van der Waals surface area contributed by atoms with E-state index in [1.54, 1.807) is 49.4 Å². The Bertz CT molecular complexity index is 934. The summed E-state index contributed by atoms with van der Waals surface area (Å²) in [6, 6.07) is 12.5. The molecule has 0 aliphatic heterocycles. The number of carbonyl (C=O) groups is 2. The fourth-order valence-electron chi connectivity index (χ4n) is 2.67. The maximum Gasteiger partial charge on any atom is 0.242 e. The van der Waals surface area contributed by atoms with Crippen molar-refractivity contribution in [3.8, 4) is 11.3 Å². The number of carbonyl (C=O) groups excluding carboxylic acids is 2. The van der Waals surface area contributed by atoms with E-state index in [0.717, 1.165) is 0 Å². The van der Waals surface area contributed by atoms with Crippen molar-refractivity contribution in [2.75, 3.05) is 0 Å². The molecule has 0 bridgehead atoms. The van der Waals surface area contributed by atoms with E-state index < -0.39 is 6.04 Å². The molecule has 2 N–H and O–H groups in total. The molecule has 3 aromatic rings. The maximum absolute atomic E-state index is 13.8. The summed E-state index contributed by atoms with van der Waals surface area (Å²) >= 11 is 0. The molecule has 1 aromatic carbocycles. The lowest BCUT2D eigenvalue weighted by Gasteiger charge is -2.13. The van der Waals surface area contributed by atoms with E-state index in [2.05, 4.69) is 10.6 Å². The lowest BCUT2D eigenvalue weighted by molar-refractivity contribution is -0.128. The van der Waals surface area contributed by atoms with Gasteiger partial charge in [-0.25, -0.2) is 4.39 Å². The van der Waals surface area contributed by atoms with Crippen molar-refractivity contribution in [2.24, 2.45) is 0 Å². The zero-order valence-corrected chi connectivity index (χ0v) is 15.4. The quantitative estimate of drug-likeness (QED) is 0.623. The molecule has 2 heterocycles. The van der Waals surface area contributed by atoms with Crippen LogP contribution in [-0.4, -0.2) is 17.9 Å². The first kappa shape index (κ1) is 19.4. The van der Waals surface area contributed by atoms with Gasteiger partial charge in [-0.3, -0.25) is 9.59 Å².